The lowest BCUT2D eigenvalue weighted by Gasteiger charge is -2.26. The third kappa shape index (κ3) is 6.22. The summed E-state index contributed by atoms with van der Waals surface area (Å²) in [5, 5.41) is 5.92. The van der Waals surface area contributed by atoms with Crippen LogP contribution in [0.5, 0.6) is 5.75 Å². The van der Waals surface area contributed by atoms with E-state index in [0.717, 1.165) is 17.9 Å². The van der Waals surface area contributed by atoms with Gasteiger partial charge >= 0.3 is 0 Å². The van der Waals surface area contributed by atoms with Crippen LogP contribution in [0.3, 0.4) is 0 Å². The first-order valence-corrected chi connectivity index (χ1v) is 9.89. The van der Waals surface area contributed by atoms with Crippen molar-refractivity contribution in [1.82, 2.24) is 4.90 Å². The van der Waals surface area contributed by atoms with Crippen molar-refractivity contribution in [1.29, 1.82) is 0 Å². The number of nitrogens with zero attached hydrogens (tertiary/aromatic N) is 1. The molecule has 1 heterocycles. The maximum Gasteiger partial charge on any atom is 0.254 e. The Labute approximate surface area is 171 Å². The SMILES string of the molecule is CCCOc1cccc(NC(=O)CNc2ccc(C(=O)N3CCOCC3)cc2)c1. The quantitative estimate of drug-likeness (QED) is 0.716. The monoisotopic (exact) mass is 397 g/mol. The molecule has 0 aromatic heterocycles. The van der Waals surface area contributed by atoms with Crippen molar-refractivity contribution >= 4 is 23.2 Å². The molecule has 1 fully saturated rings. The highest BCUT2D eigenvalue weighted by molar-refractivity contribution is 5.95. The van der Waals surface area contributed by atoms with E-state index in [9.17, 15) is 9.59 Å². The van der Waals surface area contributed by atoms with Gasteiger partial charge in [-0.2, -0.15) is 0 Å². The van der Waals surface area contributed by atoms with E-state index < -0.39 is 0 Å². The van der Waals surface area contributed by atoms with Gasteiger partial charge in [-0.25, -0.2) is 0 Å². The third-order valence-corrected chi connectivity index (χ3v) is 4.47. The van der Waals surface area contributed by atoms with Crippen molar-refractivity contribution in [2.24, 2.45) is 0 Å². The number of anilines is 2. The highest BCUT2D eigenvalue weighted by Crippen LogP contribution is 2.18. The molecule has 0 radical (unpaired) electrons. The second-order valence-corrected chi connectivity index (χ2v) is 6.76. The summed E-state index contributed by atoms with van der Waals surface area (Å²) in [7, 11) is 0. The van der Waals surface area contributed by atoms with E-state index in [2.05, 4.69) is 10.6 Å². The van der Waals surface area contributed by atoms with Crippen LogP contribution in [0, 0.1) is 0 Å². The lowest BCUT2D eigenvalue weighted by molar-refractivity contribution is -0.114. The summed E-state index contributed by atoms with van der Waals surface area (Å²) in [6.45, 7) is 5.19. The van der Waals surface area contributed by atoms with Gasteiger partial charge in [0.05, 0.1) is 26.4 Å². The molecule has 0 unspecified atom stereocenters. The van der Waals surface area contributed by atoms with Gasteiger partial charge in [0.2, 0.25) is 5.91 Å². The summed E-state index contributed by atoms with van der Waals surface area (Å²) in [5.41, 5.74) is 2.10. The molecule has 0 bridgehead atoms. The molecule has 29 heavy (non-hydrogen) atoms. The number of carbonyl (C=O) groups is 2. The summed E-state index contributed by atoms with van der Waals surface area (Å²) < 4.78 is 10.9. The van der Waals surface area contributed by atoms with E-state index >= 15 is 0 Å². The van der Waals surface area contributed by atoms with Gasteiger partial charge in [-0.15, -0.1) is 0 Å². The number of ether oxygens (including phenoxy) is 2. The van der Waals surface area contributed by atoms with Gasteiger partial charge in [0.1, 0.15) is 5.75 Å². The number of carbonyl (C=O) groups excluding carboxylic acids is 2. The number of rotatable bonds is 8. The Morgan fingerprint density at radius 3 is 2.55 bits per heavy atom. The van der Waals surface area contributed by atoms with Crippen LogP contribution in [0.1, 0.15) is 23.7 Å². The number of hydrogen-bond donors (Lipinski definition) is 2. The largest absolute Gasteiger partial charge is 0.494 e. The number of benzene rings is 2. The van der Waals surface area contributed by atoms with E-state index in [1.54, 1.807) is 35.2 Å². The predicted octanol–water partition coefficient (Wildman–Crippen LogP) is 3.00. The van der Waals surface area contributed by atoms with E-state index in [0.29, 0.717) is 44.2 Å². The normalized spacial score (nSPS) is 13.6. The molecule has 2 aromatic carbocycles. The maximum absolute atomic E-state index is 12.4. The lowest BCUT2D eigenvalue weighted by Crippen LogP contribution is -2.40. The summed E-state index contributed by atoms with van der Waals surface area (Å²) in [6, 6.07) is 14.5. The lowest BCUT2D eigenvalue weighted by atomic mass is 10.1. The van der Waals surface area contributed by atoms with Crippen molar-refractivity contribution in [2.45, 2.75) is 13.3 Å². The minimum atomic E-state index is -0.161. The molecule has 0 spiro atoms. The van der Waals surface area contributed by atoms with Crippen molar-refractivity contribution < 1.29 is 19.1 Å². The number of morpholine rings is 1. The Kier molecular flexibility index (Phi) is 7.47. The Balaban J connectivity index is 1.48. The van der Waals surface area contributed by atoms with Crippen molar-refractivity contribution in [2.75, 3.05) is 50.1 Å². The topological polar surface area (TPSA) is 79.9 Å². The third-order valence-electron chi connectivity index (χ3n) is 4.47. The fraction of sp³-hybridized carbons (Fsp3) is 0.364. The number of hydrogen-bond acceptors (Lipinski definition) is 5. The van der Waals surface area contributed by atoms with Crippen LogP contribution in [0.15, 0.2) is 48.5 Å². The summed E-state index contributed by atoms with van der Waals surface area (Å²) >= 11 is 0. The van der Waals surface area contributed by atoms with Crippen molar-refractivity contribution in [3.8, 4) is 5.75 Å². The minimum absolute atomic E-state index is 0.00256. The van der Waals surface area contributed by atoms with Crippen LogP contribution in [0.2, 0.25) is 0 Å². The first-order chi connectivity index (χ1) is 14.2. The first kappa shape index (κ1) is 20.7. The van der Waals surface area contributed by atoms with Gasteiger partial charge in [-0.05, 0) is 42.8 Å². The molecular weight excluding hydrogens is 370 g/mol. The van der Waals surface area contributed by atoms with Crippen LogP contribution in [-0.2, 0) is 9.53 Å². The Hall–Kier alpha value is -3.06. The molecule has 1 aliphatic heterocycles. The van der Waals surface area contributed by atoms with E-state index in [4.69, 9.17) is 9.47 Å². The Bertz CT molecular complexity index is 817. The standard InChI is InChI=1S/C22H27N3O4/c1-2-12-29-20-5-3-4-19(15-20)24-21(26)16-23-18-8-6-17(7-9-18)22(27)25-10-13-28-14-11-25/h3-9,15,23H,2,10-14,16H2,1H3,(H,24,26). The second-order valence-electron chi connectivity index (χ2n) is 6.76. The van der Waals surface area contributed by atoms with Crippen LogP contribution in [0.4, 0.5) is 11.4 Å². The average molecular weight is 397 g/mol. The van der Waals surface area contributed by atoms with Crippen LogP contribution in [-0.4, -0.2) is 56.2 Å². The summed E-state index contributed by atoms with van der Waals surface area (Å²) in [4.78, 5) is 26.4. The van der Waals surface area contributed by atoms with Gasteiger partial charge in [-0.3, -0.25) is 9.59 Å². The molecule has 2 N–H and O–H groups in total. The van der Waals surface area contributed by atoms with Crippen molar-refractivity contribution in [3.63, 3.8) is 0 Å². The van der Waals surface area contributed by atoms with Gasteiger partial charge in [-0.1, -0.05) is 13.0 Å². The molecule has 7 nitrogen and oxygen atoms in total. The summed E-state index contributed by atoms with van der Waals surface area (Å²) in [6.07, 6.45) is 0.928. The highest BCUT2D eigenvalue weighted by Gasteiger charge is 2.18. The Morgan fingerprint density at radius 2 is 1.83 bits per heavy atom. The predicted molar refractivity (Wildman–Crippen MR) is 113 cm³/mol. The number of nitrogens with one attached hydrogen (secondary N) is 2. The van der Waals surface area contributed by atoms with Gasteiger partial charge in [0, 0.05) is 36.1 Å². The van der Waals surface area contributed by atoms with Gasteiger partial charge < -0.3 is 25.0 Å². The molecule has 2 amide bonds. The first-order valence-electron chi connectivity index (χ1n) is 9.89. The fourth-order valence-electron chi connectivity index (χ4n) is 2.95. The molecule has 0 aliphatic carbocycles. The van der Waals surface area contributed by atoms with Crippen LogP contribution < -0.4 is 15.4 Å². The zero-order valence-corrected chi connectivity index (χ0v) is 16.6. The summed E-state index contributed by atoms with van der Waals surface area (Å²) in [5.74, 6) is 0.576. The van der Waals surface area contributed by atoms with E-state index in [-0.39, 0.29) is 18.4 Å². The molecule has 0 atom stereocenters. The molecular formula is C22H27N3O4. The van der Waals surface area contributed by atoms with E-state index in [1.165, 1.54) is 0 Å². The molecule has 2 aromatic rings. The molecule has 1 saturated heterocycles. The fourth-order valence-corrected chi connectivity index (χ4v) is 2.95. The zero-order chi connectivity index (χ0) is 20.5. The zero-order valence-electron chi connectivity index (χ0n) is 16.6. The maximum atomic E-state index is 12.4. The smallest absolute Gasteiger partial charge is 0.254 e. The van der Waals surface area contributed by atoms with Crippen LogP contribution in [0.25, 0.3) is 0 Å². The molecule has 1 aliphatic rings. The number of amides is 2. The van der Waals surface area contributed by atoms with Crippen molar-refractivity contribution in [3.05, 3.63) is 54.1 Å². The molecule has 0 saturated carbocycles. The average Bonchev–Trinajstić information content (AvgIpc) is 2.77. The minimum Gasteiger partial charge on any atom is -0.494 e. The van der Waals surface area contributed by atoms with Gasteiger partial charge in [0.15, 0.2) is 0 Å². The molecule has 7 heteroatoms. The highest BCUT2D eigenvalue weighted by atomic mass is 16.5. The Morgan fingerprint density at radius 1 is 1.07 bits per heavy atom. The van der Waals surface area contributed by atoms with E-state index in [1.807, 2.05) is 25.1 Å². The van der Waals surface area contributed by atoms with Gasteiger partial charge in [0.25, 0.3) is 5.91 Å². The molecule has 154 valence electrons. The second kappa shape index (κ2) is 10.5. The molecule has 3 rings (SSSR count). The van der Waals surface area contributed by atoms with Crippen LogP contribution >= 0.6 is 0 Å².